The van der Waals surface area contributed by atoms with E-state index in [4.69, 9.17) is 9.47 Å². The number of allylic oxidation sites excluding steroid dienone is 1. The number of aromatic nitrogens is 1. The predicted molar refractivity (Wildman–Crippen MR) is 118 cm³/mol. The molecular weight excluding hydrogens is 376 g/mol. The van der Waals surface area contributed by atoms with E-state index in [1.807, 2.05) is 31.2 Å². The molecule has 0 aliphatic carbocycles. The lowest BCUT2D eigenvalue weighted by Crippen LogP contribution is -2.37. The van der Waals surface area contributed by atoms with Crippen molar-refractivity contribution in [3.8, 4) is 11.5 Å². The summed E-state index contributed by atoms with van der Waals surface area (Å²) in [6.07, 6.45) is 3.97. The predicted octanol–water partition coefficient (Wildman–Crippen LogP) is 5.15. The summed E-state index contributed by atoms with van der Waals surface area (Å²) in [6, 6.07) is 10.6. The van der Waals surface area contributed by atoms with Gasteiger partial charge in [0.15, 0.2) is 5.76 Å². The first-order chi connectivity index (χ1) is 14.5. The molecule has 3 aromatic rings. The van der Waals surface area contributed by atoms with Gasteiger partial charge in [0.2, 0.25) is 5.78 Å². The maximum absolute atomic E-state index is 13.3. The minimum absolute atomic E-state index is 0.0553. The summed E-state index contributed by atoms with van der Waals surface area (Å²) in [6.45, 7) is 10.5. The fourth-order valence-corrected chi connectivity index (χ4v) is 4.37. The number of rotatable bonds is 3. The molecule has 2 aliphatic rings. The SMILES string of the molecule is CCn1cc(/C=C2\Oc3c4c(cc(C)c3C2=O)OCN(C(C)C)C4)c2ccccc21. The zero-order chi connectivity index (χ0) is 21.0. The van der Waals surface area contributed by atoms with E-state index in [0.717, 1.165) is 39.9 Å². The van der Waals surface area contributed by atoms with E-state index < -0.39 is 0 Å². The van der Waals surface area contributed by atoms with Gasteiger partial charge in [0.05, 0.1) is 11.1 Å². The fraction of sp³-hybridized carbons (Fsp3) is 0.320. The lowest BCUT2D eigenvalue weighted by Gasteiger charge is -2.32. The number of fused-ring (bicyclic) bond motifs is 4. The van der Waals surface area contributed by atoms with Crippen LogP contribution in [0.5, 0.6) is 11.5 Å². The number of carbonyl (C=O) groups excluding carboxylic acids is 1. The second-order valence-corrected chi connectivity index (χ2v) is 8.32. The van der Waals surface area contributed by atoms with E-state index >= 15 is 0 Å². The quantitative estimate of drug-likeness (QED) is 0.569. The second kappa shape index (κ2) is 7.03. The van der Waals surface area contributed by atoms with Crippen LogP contribution in [0.4, 0.5) is 0 Å². The number of hydrogen-bond donors (Lipinski definition) is 0. The van der Waals surface area contributed by atoms with Crippen LogP contribution in [0.3, 0.4) is 0 Å². The van der Waals surface area contributed by atoms with Gasteiger partial charge >= 0.3 is 0 Å². The topological polar surface area (TPSA) is 43.7 Å². The highest BCUT2D eigenvalue weighted by Crippen LogP contribution is 2.44. The van der Waals surface area contributed by atoms with Crippen molar-refractivity contribution in [3.63, 3.8) is 0 Å². The van der Waals surface area contributed by atoms with Crippen LogP contribution in [0.15, 0.2) is 42.3 Å². The molecule has 1 aromatic heterocycles. The van der Waals surface area contributed by atoms with Crippen LogP contribution >= 0.6 is 0 Å². The Labute approximate surface area is 176 Å². The Kier molecular flexibility index (Phi) is 4.44. The summed E-state index contributed by atoms with van der Waals surface area (Å²) in [5.74, 6) is 1.80. The first-order valence-electron chi connectivity index (χ1n) is 10.5. The van der Waals surface area contributed by atoms with Gasteiger partial charge in [-0.3, -0.25) is 9.69 Å². The van der Waals surface area contributed by atoms with Crippen molar-refractivity contribution in [1.82, 2.24) is 9.47 Å². The van der Waals surface area contributed by atoms with Crippen LogP contribution in [-0.4, -0.2) is 28.0 Å². The first kappa shape index (κ1) is 18.9. The lowest BCUT2D eigenvalue weighted by atomic mass is 9.98. The van der Waals surface area contributed by atoms with Gasteiger partial charge < -0.3 is 14.0 Å². The van der Waals surface area contributed by atoms with E-state index in [2.05, 4.69) is 48.6 Å². The smallest absolute Gasteiger partial charge is 0.232 e. The number of carbonyl (C=O) groups is 1. The van der Waals surface area contributed by atoms with Crippen LogP contribution in [0, 0.1) is 6.92 Å². The molecule has 154 valence electrons. The molecule has 0 bridgehead atoms. The molecule has 0 saturated carbocycles. The summed E-state index contributed by atoms with van der Waals surface area (Å²) in [5.41, 5.74) is 4.67. The Bertz CT molecular complexity index is 1200. The van der Waals surface area contributed by atoms with Gasteiger partial charge in [-0.25, -0.2) is 0 Å². The van der Waals surface area contributed by atoms with E-state index in [1.165, 1.54) is 0 Å². The molecule has 5 heteroatoms. The summed E-state index contributed by atoms with van der Waals surface area (Å²) in [4.78, 5) is 15.5. The zero-order valence-corrected chi connectivity index (χ0v) is 17.9. The second-order valence-electron chi connectivity index (χ2n) is 8.32. The monoisotopic (exact) mass is 402 g/mol. The largest absolute Gasteiger partial charge is 0.478 e. The highest BCUT2D eigenvalue weighted by molar-refractivity contribution is 6.16. The number of para-hydroxylation sites is 1. The lowest BCUT2D eigenvalue weighted by molar-refractivity contribution is 0.0673. The number of aryl methyl sites for hydroxylation is 2. The molecule has 0 radical (unpaired) electrons. The Balaban J connectivity index is 1.60. The van der Waals surface area contributed by atoms with Crippen LogP contribution in [0.1, 0.15) is 47.8 Å². The van der Waals surface area contributed by atoms with Gasteiger partial charge in [0.1, 0.15) is 18.2 Å². The molecule has 0 amide bonds. The fourth-order valence-electron chi connectivity index (χ4n) is 4.37. The van der Waals surface area contributed by atoms with Crippen molar-refractivity contribution < 1.29 is 14.3 Å². The minimum atomic E-state index is -0.0553. The molecular formula is C25H26N2O3. The molecule has 5 nitrogen and oxygen atoms in total. The van der Waals surface area contributed by atoms with Crippen molar-refractivity contribution in [2.24, 2.45) is 0 Å². The summed E-state index contributed by atoms with van der Waals surface area (Å²) >= 11 is 0. The van der Waals surface area contributed by atoms with Gasteiger partial charge in [-0.1, -0.05) is 18.2 Å². The third-order valence-electron chi connectivity index (χ3n) is 6.13. The summed E-state index contributed by atoms with van der Waals surface area (Å²) in [5, 5.41) is 1.12. The Morgan fingerprint density at radius 1 is 1.23 bits per heavy atom. The third-order valence-corrected chi connectivity index (χ3v) is 6.13. The number of Topliss-reactive ketones (excluding diaryl/α,β-unsaturated/α-hetero) is 1. The van der Waals surface area contributed by atoms with Gasteiger partial charge in [-0.05, 0) is 51.5 Å². The Morgan fingerprint density at radius 3 is 2.80 bits per heavy atom. The zero-order valence-electron chi connectivity index (χ0n) is 17.9. The standard InChI is InChI=1S/C25H26N2O3/c1-5-26-12-17(18-8-6-7-9-20(18)26)11-22-24(28)23-16(4)10-21-19(25(23)30-22)13-27(14-29-21)15(2)3/h6-12,15H,5,13-14H2,1-4H3/b22-11-. The van der Waals surface area contributed by atoms with Gasteiger partial charge in [0, 0.05) is 41.8 Å². The average molecular weight is 402 g/mol. The molecule has 30 heavy (non-hydrogen) atoms. The molecule has 2 aromatic carbocycles. The van der Waals surface area contributed by atoms with E-state index in [1.54, 1.807) is 0 Å². The number of benzene rings is 2. The normalized spacial score (nSPS) is 17.4. The molecule has 5 rings (SSSR count). The number of hydrogen-bond acceptors (Lipinski definition) is 4. The van der Waals surface area contributed by atoms with E-state index in [9.17, 15) is 4.79 Å². The third kappa shape index (κ3) is 2.84. The molecule has 3 heterocycles. The van der Waals surface area contributed by atoms with Crippen molar-refractivity contribution in [2.75, 3.05) is 6.73 Å². The molecule has 0 N–H and O–H groups in total. The van der Waals surface area contributed by atoms with Gasteiger partial charge in [0.25, 0.3) is 0 Å². The molecule has 0 unspecified atom stereocenters. The molecule has 2 aliphatic heterocycles. The van der Waals surface area contributed by atoms with Crippen molar-refractivity contribution in [3.05, 3.63) is 64.5 Å². The maximum Gasteiger partial charge on any atom is 0.232 e. The van der Waals surface area contributed by atoms with E-state index in [0.29, 0.717) is 36.4 Å². The van der Waals surface area contributed by atoms with Gasteiger partial charge in [-0.2, -0.15) is 0 Å². The highest BCUT2D eigenvalue weighted by Gasteiger charge is 2.36. The van der Waals surface area contributed by atoms with Crippen LogP contribution in [-0.2, 0) is 13.1 Å². The van der Waals surface area contributed by atoms with Crippen LogP contribution < -0.4 is 9.47 Å². The Hall–Kier alpha value is -3.05. The summed E-state index contributed by atoms with van der Waals surface area (Å²) in [7, 11) is 0. The van der Waals surface area contributed by atoms with Crippen LogP contribution in [0.2, 0.25) is 0 Å². The van der Waals surface area contributed by atoms with Gasteiger partial charge in [-0.15, -0.1) is 0 Å². The molecule has 0 spiro atoms. The highest BCUT2D eigenvalue weighted by atomic mass is 16.5. The average Bonchev–Trinajstić information content (AvgIpc) is 3.26. The molecule has 0 saturated heterocycles. The van der Waals surface area contributed by atoms with Crippen molar-refractivity contribution >= 4 is 22.8 Å². The number of nitrogens with zero attached hydrogens (tertiary/aromatic N) is 2. The van der Waals surface area contributed by atoms with Crippen molar-refractivity contribution in [2.45, 2.75) is 46.8 Å². The summed E-state index contributed by atoms with van der Waals surface area (Å²) < 4.78 is 14.4. The first-order valence-corrected chi connectivity index (χ1v) is 10.5. The number of ketones is 1. The van der Waals surface area contributed by atoms with Crippen LogP contribution in [0.25, 0.3) is 17.0 Å². The van der Waals surface area contributed by atoms with Crippen molar-refractivity contribution in [1.29, 1.82) is 0 Å². The Morgan fingerprint density at radius 2 is 2.03 bits per heavy atom. The molecule has 0 atom stereocenters. The minimum Gasteiger partial charge on any atom is -0.478 e. The maximum atomic E-state index is 13.3. The number of ether oxygens (including phenoxy) is 2. The van der Waals surface area contributed by atoms with E-state index in [-0.39, 0.29) is 5.78 Å². The molecule has 0 fully saturated rings.